The molecule has 1 N–H and O–H groups in total. The van der Waals surface area contributed by atoms with E-state index in [0.717, 1.165) is 19.3 Å². The zero-order valence-corrected chi connectivity index (χ0v) is 12.6. The van der Waals surface area contributed by atoms with Crippen molar-refractivity contribution >= 4 is 6.09 Å². The van der Waals surface area contributed by atoms with Crippen LogP contribution in [0.25, 0.3) is 0 Å². The fourth-order valence-electron chi connectivity index (χ4n) is 2.07. The molecule has 5 heteroatoms. The number of carbonyl (C=O) groups excluding carboxylic acids is 1. The van der Waals surface area contributed by atoms with Gasteiger partial charge in [0.15, 0.2) is 0 Å². The van der Waals surface area contributed by atoms with Gasteiger partial charge < -0.3 is 19.5 Å². The average Bonchev–Trinajstić information content (AvgIpc) is 2.66. The van der Waals surface area contributed by atoms with Crippen molar-refractivity contribution in [3.8, 4) is 0 Å². The molecule has 1 atom stereocenters. The van der Waals surface area contributed by atoms with Gasteiger partial charge in [0.25, 0.3) is 0 Å². The Kier molecular flexibility index (Phi) is 5.62. The van der Waals surface area contributed by atoms with Crippen molar-refractivity contribution in [2.75, 3.05) is 26.3 Å². The van der Waals surface area contributed by atoms with E-state index in [-0.39, 0.29) is 18.3 Å². The SMILES string of the molecule is CC(C)(C)OC(=O)N1CCC(C)(OCCCCO)C1. The molecule has 0 aromatic rings. The second-order valence-electron chi connectivity index (χ2n) is 6.38. The molecular formula is C14H27NO4. The summed E-state index contributed by atoms with van der Waals surface area (Å²) in [6.45, 7) is 9.69. The van der Waals surface area contributed by atoms with Crippen molar-refractivity contribution in [3.05, 3.63) is 0 Å². The topological polar surface area (TPSA) is 59.0 Å². The Labute approximate surface area is 115 Å². The molecule has 112 valence electrons. The molecule has 1 fully saturated rings. The summed E-state index contributed by atoms with van der Waals surface area (Å²) in [5.74, 6) is 0. The highest BCUT2D eigenvalue weighted by atomic mass is 16.6. The molecule has 0 saturated carbocycles. The summed E-state index contributed by atoms with van der Waals surface area (Å²) in [4.78, 5) is 13.6. The van der Waals surface area contributed by atoms with Crippen LogP contribution in [0.2, 0.25) is 0 Å². The van der Waals surface area contributed by atoms with Crippen LogP contribution in [-0.2, 0) is 9.47 Å². The molecule has 1 unspecified atom stereocenters. The number of hydrogen-bond donors (Lipinski definition) is 1. The van der Waals surface area contributed by atoms with Gasteiger partial charge >= 0.3 is 6.09 Å². The number of likely N-dealkylation sites (tertiary alicyclic amines) is 1. The van der Waals surface area contributed by atoms with E-state index in [4.69, 9.17) is 14.6 Å². The number of ether oxygens (including phenoxy) is 2. The van der Waals surface area contributed by atoms with Crippen LogP contribution in [0.5, 0.6) is 0 Å². The number of rotatable bonds is 5. The van der Waals surface area contributed by atoms with E-state index in [9.17, 15) is 4.79 Å². The van der Waals surface area contributed by atoms with Crippen LogP contribution in [0.3, 0.4) is 0 Å². The van der Waals surface area contributed by atoms with E-state index in [2.05, 4.69) is 0 Å². The van der Waals surface area contributed by atoms with Crippen LogP contribution >= 0.6 is 0 Å². The Hall–Kier alpha value is -0.810. The Morgan fingerprint density at radius 1 is 1.37 bits per heavy atom. The van der Waals surface area contributed by atoms with Crippen LogP contribution in [0.1, 0.15) is 47.0 Å². The fourth-order valence-corrected chi connectivity index (χ4v) is 2.07. The standard InChI is InChI=1S/C14H27NO4/c1-13(2,3)19-12(17)15-8-7-14(4,11-15)18-10-6-5-9-16/h16H,5-11H2,1-4H3. The molecule has 0 radical (unpaired) electrons. The molecule has 0 spiro atoms. The van der Waals surface area contributed by atoms with E-state index < -0.39 is 5.60 Å². The highest BCUT2D eigenvalue weighted by molar-refractivity contribution is 5.68. The van der Waals surface area contributed by atoms with E-state index in [1.54, 1.807) is 4.90 Å². The summed E-state index contributed by atoms with van der Waals surface area (Å²) in [6.07, 6.45) is 2.16. The average molecular weight is 273 g/mol. The maximum absolute atomic E-state index is 11.9. The number of amides is 1. The van der Waals surface area contributed by atoms with E-state index in [1.165, 1.54) is 0 Å². The molecule has 1 heterocycles. The molecule has 1 rings (SSSR count). The Balaban J connectivity index is 2.37. The summed E-state index contributed by atoms with van der Waals surface area (Å²) in [5, 5.41) is 8.72. The fraction of sp³-hybridized carbons (Fsp3) is 0.929. The van der Waals surface area contributed by atoms with Crippen LogP contribution < -0.4 is 0 Å². The Morgan fingerprint density at radius 3 is 2.63 bits per heavy atom. The second kappa shape index (κ2) is 6.57. The third-order valence-corrected chi connectivity index (χ3v) is 3.09. The van der Waals surface area contributed by atoms with E-state index in [1.807, 2.05) is 27.7 Å². The lowest BCUT2D eigenvalue weighted by molar-refractivity contribution is -0.0293. The summed E-state index contributed by atoms with van der Waals surface area (Å²) in [7, 11) is 0. The predicted octanol–water partition coefficient (Wildman–Crippen LogP) is 2.17. The van der Waals surface area contributed by atoms with Crippen molar-refractivity contribution in [1.29, 1.82) is 0 Å². The van der Waals surface area contributed by atoms with Gasteiger partial charge in [0.05, 0.1) is 12.1 Å². The number of nitrogens with zero attached hydrogens (tertiary/aromatic N) is 1. The van der Waals surface area contributed by atoms with Gasteiger partial charge in [-0.05, 0) is 47.0 Å². The summed E-state index contributed by atoms with van der Waals surface area (Å²) >= 11 is 0. The first-order chi connectivity index (χ1) is 8.76. The first kappa shape index (κ1) is 16.2. The van der Waals surface area contributed by atoms with Gasteiger partial charge in [-0.2, -0.15) is 0 Å². The van der Waals surface area contributed by atoms with Crippen molar-refractivity contribution < 1.29 is 19.4 Å². The molecular weight excluding hydrogens is 246 g/mol. The van der Waals surface area contributed by atoms with Gasteiger partial charge in [-0.1, -0.05) is 0 Å². The second-order valence-corrected chi connectivity index (χ2v) is 6.38. The van der Waals surface area contributed by atoms with Crippen molar-refractivity contribution in [2.45, 2.75) is 58.2 Å². The van der Waals surface area contributed by atoms with Crippen LogP contribution in [0.4, 0.5) is 4.79 Å². The van der Waals surface area contributed by atoms with Crippen molar-refractivity contribution in [2.24, 2.45) is 0 Å². The predicted molar refractivity (Wildman–Crippen MR) is 73.1 cm³/mol. The summed E-state index contributed by atoms with van der Waals surface area (Å²) in [6, 6.07) is 0. The minimum Gasteiger partial charge on any atom is -0.444 e. The lowest BCUT2D eigenvalue weighted by Crippen LogP contribution is -2.39. The third kappa shape index (κ3) is 5.78. The van der Waals surface area contributed by atoms with Crippen LogP contribution in [-0.4, -0.2) is 53.6 Å². The summed E-state index contributed by atoms with van der Waals surface area (Å²) in [5.41, 5.74) is -0.746. The zero-order valence-electron chi connectivity index (χ0n) is 12.6. The smallest absolute Gasteiger partial charge is 0.410 e. The van der Waals surface area contributed by atoms with Gasteiger partial charge in [-0.3, -0.25) is 0 Å². The van der Waals surface area contributed by atoms with Gasteiger partial charge in [0.2, 0.25) is 0 Å². The quantitative estimate of drug-likeness (QED) is 0.780. The minimum absolute atomic E-state index is 0.199. The zero-order chi connectivity index (χ0) is 14.5. The normalized spacial score (nSPS) is 23.7. The molecule has 1 aliphatic rings. The molecule has 0 aromatic carbocycles. The highest BCUT2D eigenvalue weighted by Crippen LogP contribution is 2.26. The molecule has 1 amide bonds. The molecule has 0 bridgehead atoms. The molecule has 0 aromatic heterocycles. The molecule has 1 aliphatic heterocycles. The van der Waals surface area contributed by atoms with Crippen molar-refractivity contribution in [1.82, 2.24) is 4.90 Å². The first-order valence-electron chi connectivity index (χ1n) is 6.98. The lowest BCUT2D eigenvalue weighted by atomic mass is 10.1. The van der Waals surface area contributed by atoms with E-state index >= 15 is 0 Å². The molecule has 19 heavy (non-hydrogen) atoms. The molecule has 5 nitrogen and oxygen atoms in total. The maximum Gasteiger partial charge on any atom is 0.410 e. The number of aliphatic hydroxyl groups is 1. The van der Waals surface area contributed by atoms with Gasteiger partial charge in [0, 0.05) is 19.8 Å². The lowest BCUT2D eigenvalue weighted by Gasteiger charge is -2.27. The van der Waals surface area contributed by atoms with Gasteiger partial charge in [0.1, 0.15) is 5.60 Å². The molecule has 0 aliphatic carbocycles. The number of hydrogen-bond acceptors (Lipinski definition) is 4. The van der Waals surface area contributed by atoms with Gasteiger partial charge in [-0.25, -0.2) is 4.79 Å². The number of unbranched alkanes of at least 4 members (excludes halogenated alkanes) is 1. The number of aliphatic hydroxyl groups excluding tert-OH is 1. The van der Waals surface area contributed by atoms with Crippen LogP contribution in [0, 0.1) is 0 Å². The monoisotopic (exact) mass is 273 g/mol. The first-order valence-corrected chi connectivity index (χ1v) is 6.98. The largest absolute Gasteiger partial charge is 0.444 e. The third-order valence-electron chi connectivity index (χ3n) is 3.09. The molecule has 1 saturated heterocycles. The van der Waals surface area contributed by atoms with E-state index in [0.29, 0.717) is 19.7 Å². The minimum atomic E-state index is -0.460. The highest BCUT2D eigenvalue weighted by Gasteiger charge is 2.38. The summed E-state index contributed by atoms with van der Waals surface area (Å²) < 4.78 is 11.2. The Bertz CT molecular complexity index is 300. The Morgan fingerprint density at radius 2 is 2.05 bits per heavy atom. The number of carbonyl (C=O) groups is 1. The van der Waals surface area contributed by atoms with Gasteiger partial charge in [-0.15, -0.1) is 0 Å². The van der Waals surface area contributed by atoms with Crippen molar-refractivity contribution in [3.63, 3.8) is 0 Å². The van der Waals surface area contributed by atoms with Crippen LogP contribution in [0.15, 0.2) is 0 Å². The maximum atomic E-state index is 11.9.